The second kappa shape index (κ2) is 6.95. The van der Waals surface area contributed by atoms with Crippen molar-refractivity contribution in [3.8, 4) is 0 Å². The highest BCUT2D eigenvalue weighted by Gasteiger charge is 2.26. The maximum atomic E-state index is 12.7. The van der Waals surface area contributed by atoms with Crippen LogP contribution in [0.1, 0.15) is 45.2 Å². The Morgan fingerprint density at radius 1 is 1.31 bits per heavy atom. The lowest BCUT2D eigenvalue weighted by Gasteiger charge is -2.32. The number of aryl methyl sites for hydroxylation is 1. The number of benzene rings is 1. The number of hydrogen-bond donors (Lipinski definition) is 1. The summed E-state index contributed by atoms with van der Waals surface area (Å²) in [5.41, 5.74) is 1.14. The number of aromatic carboxylic acids is 1. The van der Waals surface area contributed by atoms with E-state index in [0.717, 1.165) is 0 Å². The first-order chi connectivity index (χ1) is 12.4. The lowest BCUT2D eigenvalue weighted by molar-refractivity contribution is -0.384. The molecule has 136 valence electrons. The SMILES string of the molecule is Cc1cc([N+](=O)[O-])ccc1C(=O)N1CCC(n2cc(C(=O)O)cn2)CC1. The Kier molecular flexibility index (Phi) is 4.70. The molecule has 0 bridgehead atoms. The third-order valence-electron chi connectivity index (χ3n) is 4.63. The fraction of sp³-hybridized carbons (Fsp3) is 0.353. The van der Waals surface area contributed by atoms with Gasteiger partial charge < -0.3 is 10.0 Å². The van der Waals surface area contributed by atoms with Gasteiger partial charge in [-0.15, -0.1) is 0 Å². The van der Waals surface area contributed by atoms with E-state index in [-0.39, 0.29) is 23.2 Å². The van der Waals surface area contributed by atoms with E-state index in [4.69, 9.17) is 5.11 Å². The number of carboxylic acid groups (broad SMARTS) is 1. The number of non-ortho nitro benzene ring substituents is 1. The molecule has 0 atom stereocenters. The monoisotopic (exact) mass is 358 g/mol. The number of nitro benzene ring substituents is 1. The third-order valence-corrected chi connectivity index (χ3v) is 4.63. The van der Waals surface area contributed by atoms with Gasteiger partial charge in [0.05, 0.1) is 22.7 Å². The third kappa shape index (κ3) is 3.41. The van der Waals surface area contributed by atoms with E-state index in [1.165, 1.54) is 30.6 Å². The molecule has 1 aliphatic heterocycles. The van der Waals surface area contributed by atoms with Gasteiger partial charge in [-0.3, -0.25) is 19.6 Å². The van der Waals surface area contributed by atoms with Crippen LogP contribution in [0.5, 0.6) is 0 Å². The lowest BCUT2D eigenvalue weighted by atomic mass is 10.0. The highest BCUT2D eigenvalue weighted by Crippen LogP contribution is 2.25. The Morgan fingerprint density at radius 3 is 2.54 bits per heavy atom. The Balaban J connectivity index is 1.66. The summed E-state index contributed by atoms with van der Waals surface area (Å²) in [4.78, 5) is 35.7. The highest BCUT2D eigenvalue weighted by molar-refractivity contribution is 5.96. The van der Waals surface area contributed by atoms with Crippen molar-refractivity contribution >= 4 is 17.6 Å². The first kappa shape index (κ1) is 17.6. The van der Waals surface area contributed by atoms with Gasteiger partial charge in [0, 0.05) is 37.0 Å². The second-order valence-electron chi connectivity index (χ2n) is 6.29. The second-order valence-corrected chi connectivity index (χ2v) is 6.29. The summed E-state index contributed by atoms with van der Waals surface area (Å²) in [5, 5.41) is 23.9. The van der Waals surface area contributed by atoms with E-state index < -0.39 is 10.9 Å². The van der Waals surface area contributed by atoms with Crippen LogP contribution >= 0.6 is 0 Å². The van der Waals surface area contributed by atoms with E-state index in [1.807, 2.05) is 0 Å². The van der Waals surface area contributed by atoms with Crippen molar-refractivity contribution in [2.45, 2.75) is 25.8 Å². The minimum atomic E-state index is -1.02. The predicted molar refractivity (Wildman–Crippen MR) is 91.2 cm³/mol. The average Bonchev–Trinajstić information content (AvgIpc) is 3.11. The van der Waals surface area contributed by atoms with Gasteiger partial charge in [-0.05, 0) is 31.4 Å². The fourth-order valence-corrected chi connectivity index (χ4v) is 3.15. The quantitative estimate of drug-likeness (QED) is 0.661. The number of carbonyl (C=O) groups is 2. The minimum absolute atomic E-state index is 0.0364. The molecule has 1 fully saturated rings. The summed E-state index contributed by atoms with van der Waals surface area (Å²) < 4.78 is 1.64. The lowest BCUT2D eigenvalue weighted by Crippen LogP contribution is -2.39. The zero-order valence-electron chi connectivity index (χ0n) is 14.2. The normalized spacial score (nSPS) is 15.0. The van der Waals surface area contributed by atoms with Crippen LogP contribution in [0.3, 0.4) is 0 Å². The van der Waals surface area contributed by atoms with Crippen LogP contribution < -0.4 is 0 Å². The molecule has 1 saturated heterocycles. The Bertz CT molecular complexity index is 868. The number of hydrogen-bond acceptors (Lipinski definition) is 5. The first-order valence-electron chi connectivity index (χ1n) is 8.18. The molecule has 0 saturated carbocycles. The molecule has 1 N–H and O–H groups in total. The van der Waals surface area contributed by atoms with E-state index >= 15 is 0 Å². The Labute approximate surface area is 149 Å². The van der Waals surface area contributed by atoms with Crippen LogP contribution in [-0.2, 0) is 0 Å². The Hall–Kier alpha value is -3.23. The van der Waals surface area contributed by atoms with Crippen molar-refractivity contribution in [2.24, 2.45) is 0 Å². The van der Waals surface area contributed by atoms with Gasteiger partial charge >= 0.3 is 5.97 Å². The molecule has 1 aliphatic rings. The first-order valence-corrected chi connectivity index (χ1v) is 8.18. The van der Waals surface area contributed by atoms with Crippen LogP contribution in [0.4, 0.5) is 5.69 Å². The number of carboxylic acids is 1. The number of carbonyl (C=O) groups excluding carboxylic acids is 1. The van der Waals surface area contributed by atoms with Crippen LogP contribution in [0.15, 0.2) is 30.6 Å². The maximum absolute atomic E-state index is 12.7. The van der Waals surface area contributed by atoms with Gasteiger partial charge in [0.25, 0.3) is 11.6 Å². The predicted octanol–water partition coefficient (Wildman–Crippen LogP) is 2.28. The largest absolute Gasteiger partial charge is 0.478 e. The van der Waals surface area contributed by atoms with Gasteiger partial charge in [0.1, 0.15) is 0 Å². The van der Waals surface area contributed by atoms with E-state index in [9.17, 15) is 19.7 Å². The topological polar surface area (TPSA) is 119 Å². The summed E-state index contributed by atoms with van der Waals surface area (Å²) in [6.45, 7) is 2.72. The summed E-state index contributed by atoms with van der Waals surface area (Å²) in [5.74, 6) is -1.17. The number of amides is 1. The van der Waals surface area contributed by atoms with Crippen molar-refractivity contribution in [3.63, 3.8) is 0 Å². The number of likely N-dealkylation sites (tertiary alicyclic amines) is 1. The zero-order valence-corrected chi connectivity index (χ0v) is 14.2. The summed E-state index contributed by atoms with van der Waals surface area (Å²) >= 11 is 0. The van der Waals surface area contributed by atoms with Crippen LogP contribution in [0.25, 0.3) is 0 Å². The summed E-state index contributed by atoms with van der Waals surface area (Å²) in [6, 6.07) is 4.28. The van der Waals surface area contributed by atoms with Crippen LogP contribution in [0.2, 0.25) is 0 Å². The molecule has 0 unspecified atom stereocenters. The minimum Gasteiger partial charge on any atom is -0.478 e. The van der Waals surface area contributed by atoms with E-state index in [1.54, 1.807) is 16.5 Å². The van der Waals surface area contributed by atoms with Gasteiger partial charge in [-0.25, -0.2) is 4.79 Å². The molecule has 0 radical (unpaired) electrons. The fourth-order valence-electron chi connectivity index (χ4n) is 3.15. The molecule has 1 aromatic carbocycles. The highest BCUT2D eigenvalue weighted by atomic mass is 16.6. The molecule has 9 nitrogen and oxygen atoms in total. The van der Waals surface area contributed by atoms with Crippen molar-refractivity contribution < 1.29 is 19.6 Å². The van der Waals surface area contributed by atoms with Gasteiger partial charge in [0.15, 0.2) is 0 Å². The summed E-state index contributed by atoms with van der Waals surface area (Å²) in [6.07, 6.45) is 4.15. The molecule has 0 aliphatic carbocycles. The molecule has 0 spiro atoms. The molecule has 26 heavy (non-hydrogen) atoms. The maximum Gasteiger partial charge on any atom is 0.338 e. The molecule has 9 heteroatoms. The number of nitrogens with zero attached hydrogens (tertiary/aromatic N) is 4. The number of rotatable bonds is 4. The van der Waals surface area contributed by atoms with Gasteiger partial charge in [-0.1, -0.05) is 0 Å². The molecule has 1 amide bonds. The number of nitro groups is 1. The number of piperidine rings is 1. The number of aromatic nitrogens is 2. The molecular formula is C17H18N4O5. The van der Waals surface area contributed by atoms with Gasteiger partial charge in [0.2, 0.25) is 0 Å². The molecule has 2 heterocycles. The van der Waals surface area contributed by atoms with E-state index in [2.05, 4.69) is 5.10 Å². The molecule has 3 rings (SSSR count). The van der Waals surface area contributed by atoms with Crippen LogP contribution in [0, 0.1) is 17.0 Å². The average molecular weight is 358 g/mol. The summed E-state index contributed by atoms with van der Waals surface area (Å²) in [7, 11) is 0. The smallest absolute Gasteiger partial charge is 0.338 e. The molecule has 2 aromatic rings. The Morgan fingerprint density at radius 2 is 2.00 bits per heavy atom. The standard InChI is InChI=1S/C17H18N4O5/c1-11-8-14(21(25)26)2-3-15(11)16(22)19-6-4-13(5-7-19)20-10-12(9-18-20)17(23)24/h2-3,8-10,13H,4-7H2,1H3,(H,23,24). The van der Waals surface area contributed by atoms with Gasteiger partial charge in [-0.2, -0.15) is 5.10 Å². The van der Waals surface area contributed by atoms with Crippen molar-refractivity contribution in [1.82, 2.24) is 14.7 Å². The molecular weight excluding hydrogens is 340 g/mol. The van der Waals surface area contributed by atoms with Crippen molar-refractivity contribution in [2.75, 3.05) is 13.1 Å². The van der Waals surface area contributed by atoms with Crippen LogP contribution in [-0.4, -0.2) is 49.7 Å². The van der Waals surface area contributed by atoms with Crippen molar-refractivity contribution in [3.05, 3.63) is 57.4 Å². The van der Waals surface area contributed by atoms with Crippen molar-refractivity contribution in [1.29, 1.82) is 0 Å². The zero-order chi connectivity index (χ0) is 18.8. The molecule has 1 aromatic heterocycles. The van der Waals surface area contributed by atoms with E-state index in [0.29, 0.717) is 37.1 Å².